The largest absolute Gasteiger partial charge is 0.496 e. The number of rotatable bonds is 9. The summed E-state index contributed by atoms with van der Waals surface area (Å²) in [5.41, 5.74) is 8.90. The monoisotopic (exact) mass is 615 g/mol. The molecule has 0 saturated carbocycles. The van der Waals surface area contributed by atoms with Crippen LogP contribution in [0.2, 0.25) is 0 Å². The van der Waals surface area contributed by atoms with Crippen LogP contribution in [0.4, 0.5) is 5.69 Å². The van der Waals surface area contributed by atoms with Crippen LogP contribution in [0.3, 0.4) is 0 Å². The summed E-state index contributed by atoms with van der Waals surface area (Å²) in [6, 6.07) is 14.0. The molecule has 3 atom stereocenters. The van der Waals surface area contributed by atoms with Gasteiger partial charge in [-0.3, -0.25) is 9.59 Å². The number of aromatic nitrogens is 2. The molecule has 0 aliphatic carbocycles. The number of methoxy groups -OCH3 is 1. The van der Waals surface area contributed by atoms with Crippen molar-refractivity contribution in [2.45, 2.75) is 72.1 Å². The quantitative estimate of drug-likeness (QED) is 0.231. The van der Waals surface area contributed by atoms with E-state index in [1.807, 2.05) is 76.2 Å². The highest BCUT2D eigenvalue weighted by molar-refractivity contribution is 7.13. The Hall–Kier alpha value is -4.18. The molecule has 1 aliphatic heterocycles. The standard InChI is InChI=1S/C34H41N5O4S/c1-19(2)26-18-44-32(38-26)25-16-24-20(3)28(42-7)14-13-23(24)31(37-25)43-22-15-27(30(35)40)39(17-22)33(41)29(34(4,5)6)36-21-11-9-8-10-12-21/h8-14,16,18-19,22,27,29,36H,15,17H2,1-7H3,(H2,35,40)/t22?,27-,29+/m0/s1. The lowest BCUT2D eigenvalue weighted by Gasteiger charge is -2.35. The molecule has 0 bridgehead atoms. The van der Waals surface area contributed by atoms with E-state index < -0.39 is 29.5 Å². The lowest BCUT2D eigenvalue weighted by atomic mass is 9.85. The number of nitrogens with two attached hydrogens (primary N) is 1. The number of primary amides is 1. The lowest BCUT2D eigenvalue weighted by molar-refractivity contribution is -0.139. The number of pyridine rings is 1. The highest BCUT2D eigenvalue weighted by Crippen LogP contribution is 2.38. The molecule has 232 valence electrons. The third-order valence-electron chi connectivity index (χ3n) is 8.10. The highest BCUT2D eigenvalue weighted by atomic mass is 32.1. The third kappa shape index (κ3) is 6.36. The number of para-hydroxylation sites is 1. The van der Waals surface area contributed by atoms with Crippen molar-refractivity contribution in [1.82, 2.24) is 14.9 Å². The molecule has 0 spiro atoms. The van der Waals surface area contributed by atoms with Gasteiger partial charge in [0.15, 0.2) is 0 Å². The van der Waals surface area contributed by atoms with E-state index in [2.05, 4.69) is 24.5 Å². The van der Waals surface area contributed by atoms with Gasteiger partial charge in [-0.05, 0) is 59.5 Å². The number of thiazole rings is 1. The van der Waals surface area contributed by atoms with E-state index in [-0.39, 0.29) is 18.9 Å². The minimum absolute atomic E-state index is 0.201. The fraction of sp³-hybridized carbons (Fsp3) is 0.412. The van der Waals surface area contributed by atoms with Gasteiger partial charge in [0.05, 0.1) is 19.3 Å². The van der Waals surface area contributed by atoms with Crippen LogP contribution in [0.5, 0.6) is 11.6 Å². The SMILES string of the molecule is COc1ccc2c(OC3C[C@@H](C(N)=O)N(C(=O)[C@@H](Nc4ccccc4)C(C)(C)C)C3)nc(-c3nc(C(C)C)cs3)cc2c1C. The van der Waals surface area contributed by atoms with Gasteiger partial charge in [0.25, 0.3) is 0 Å². The van der Waals surface area contributed by atoms with Gasteiger partial charge < -0.3 is 25.4 Å². The molecule has 2 aromatic heterocycles. The number of carbonyl (C=O) groups excluding carboxylic acids is 2. The number of fused-ring (bicyclic) bond motifs is 1. The molecule has 2 aromatic carbocycles. The van der Waals surface area contributed by atoms with Crippen LogP contribution in [-0.4, -0.2) is 58.5 Å². The van der Waals surface area contributed by atoms with Crippen LogP contribution >= 0.6 is 11.3 Å². The Morgan fingerprint density at radius 1 is 1.09 bits per heavy atom. The number of ether oxygens (including phenoxy) is 2. The van der Waals surface area contributed by atoms with Crippen LogP contribution in [0.15, 0.2) is 53.9 Å². The number of hydrogen-bond donors (Lipinski definition) is 2. The van der Waals surface area contributed by atoms with E-state index in [9.17, 15) is 9.59 Å². The summed E-state index contributed by atoms with van der Waals surface area (Å²) < 4.78 is 12.2. The van der Waals surface area contributed by atoms with Gasteiger partial charge in [-0.1, -0.05) is 52.8 Å². The van der Waals surface area contributed by atoms with E-state index >= 15 is 0 Å². The zero-order valence-corrected chi connectivity index (χ0v) is 27.2. The minimum Gasteiger partial charge on any atom is -0.496 e. The summed E-state index contributed by atoms with van der Waals surface area (Å²) in [7, 11) is 1.65. The summed E-state index contributed by atoms with van der Waals surface area (Å²) >= 11 is 1.54. The van der Waals surface area contributed by atoms with Crippen LogP contribution < -0.4 is 20.5 Å². The molecule has 3 N–H and O–H groups in total. The first-order chi connectivity index (χ1) is 20.9. The Balaban J connectivity index is 1.49. The maximum atomic E-state index is 14.1. The van der Waals surface area contributed by atoms with E-state index in [4.69, 9.17) is 25.2 Å². The predicted molar refractivity (Wildman–Crippen MR) is 175 cm³/mol. The summed E-state index contributed by atoms with van der Waals surface area (Å²) in [6.45, 7) is 12.4. The normalized spacial score (nSPS) is 17.6. The van der Waals surface area contributed by atoms with Crippen molar-refractivity contribution in [3.63, 3.8) is 0 Å². The molecule has 9 nitrogen and oxygen atoms in total. The number of aryl methyl sites for hydroxylation is 1. The first-order valence-electron chi connectivity index (χ1n) is 14.9. The fourth-order valence-electron chi connectivity index (χ4n) is 5.58. The topological polar surface area (TPSA) is 120 Å². The molecule has 1 saturated heterocycles. The molecule has 0 radical (unpaired) electrons. The number of anilines is 1. The number of carbonyl (C=O) groups is 2. The summed E-state index contributed by atoms with van der Waals surface area (Å²) in [4.78, 5) is 38.1. The van der Waals surface area contributed by atoms with Crippen molar-refractivity contribution >= 4 is 39.6 Å². The van der Waals surface area contributed by atoms with E-state index in [1.165, 1.54) is 0 Å². The number of hydrogen-bond acceptors (Lipinski definition) is 8. The number of amides is 2. The first kappa shape index (κ1) is 31.3. The number of nitrogens with zero attached hydrogens (tertiary/aromatic N) is 3. The van der Waals surface area contributed by atoms with Crippen molar-refractivity contribution < 1.29 is 19.1 Å². The third-order valence-corrected chi connectivity index (χ3v) is 8.98. The van der Waals surface area contributed by atoms with Gasteiger partial charge in [-0.15, -0.1) is 11.3 Å². The summed E-state index contributed by atoms with van der Waals surface area (Å²) in [6.07, 6.45) is -0.231. The average molecular weight is 616 g/mol. The van der Waals surface area contributed by atoms with Crippen LogP contribution in [0.25, 0.3) is 21.5 Å². The fourth-order valence-corrected chi connectivity index (χ4v) is 6.52. The molecule has 1 unspecified atom stereocenters. The molecule has 1 aliphatic rings. The van der Waals surface area contributed by atoms with E-state index in [0.29, 0.717) is 17.5 Å². The Labute approximate surface area is 262 Å². The maximum absolute atomic E-state index is 14.1. The minimum atomic E-state index is -0.807. The second-order valence-electron chi connectivity index (χ2n) is 12.7. The van der Waals surface area contributed by atoms with Crippen LogP contribution in [-0.2, 0) is 9.59 Å². The van der Waals surface area contributed by atoms with Gasteiger partial charge in [-0.25, -0.2) is 9.97 Å². The predicted octanol–water partition coefficient (Wildman–Crippen LogP) is 6.16. The van der Waals surface area contributed by atoms with Gasteiger partial charge in [0, 0.05) is 22.9 Å². The van der Waals surface area contributed by atoms with Gasteiger partial charge in [-0.2, -0.15) is 0 Å². The molecular formula is C34H41N5O4S. The Bertz CT molecular complexity index is 1660. The maximum Gasteiger partial charge on any atom is 0.246 e. The average Bonchev–Trinajstić information content (AvgIpc) is 3.64. The Kier molecular flexibility index (Phi) is 8.83. The molecule has 4 aromatic rings. The molecule has 1 fully saturated rings. The molecule has 2 amide bonds. The first-order valence-corrected chi connectivity index (χ1v) is 15.8. The highest BCUT2D eigenvalue weighted by Gasteiger charge is 2.45. The Morgan fingerprint density at radius 2 is 1.82 bits per heavy atom. The summed E-state index contributed by atoms with van der Waals surface area (Å²) in [5, 5.41) is 7.97. The van der Waals surface area contributed by atoms with E-state index in [1.54, 1.807) is 23.3 Å². The summed E-state index contributed by atoms with van der Waals surface area (Å²) in [5.74, 6) is 0.703. The zero-order chi connectivity index (χ0) is 31.8. The molecule has 10 heteroatoms. The van der Waals surface area contributed by atoms with Crippen molar-refractivity contribution in [2.24, 2.45) is 11.1 Å². The van der Waals surface area contributed by atoms with Gasteiger partial charge in [0.2, 0.25) is 17.7 Å². The number of benzene rings is 2. The molecular weight excluding hydrogens is 574 g/mol. The van der Waals surface area contributed by atoms with Crippen molar-refractivity contribution in [2.75, 3.05) is 19.0 Å². The number of nitrogens with one attached hydrogen (secondary N) is 1. The second-order valence-corrected chi connectivity index (χ2v) is 13.6. The van der Waals surface area contributed by atoms with Crippen molar-refractivity contribution in [3.8, 4) is 22.3 Å². The van der Waals surface area contributed by atoms with Crippen molar-refractivity contribution in [1.29, 1.82) is 0 Å². The smallest absolute Gasteiger partial charge is 0.246 e. The van der Waals surface area contributed by atoms with Crippen LogP contribution in [0.1, 0.15) is 58.2 Å². The molecule has 44 heavy (non-hydrogen) atoms. The van der Waals surface area contributed by atoms with Gasteiger partial charge in [0.1, 0.15) is 34.6 Å². The van der Waals surface area contributed by atoms with Crippen molar-refractivity contribution in [3.05, 3.63) is 65.2 Å². The Morgan fingerprint density at radius 3 is 2.43 bits per heavy atom. The van der Waals surface area contributed by atoms with Crippen LogP contribution in [0, 0.1) is 12.3 Å². The molecule has 3 heterocycles. The molecule has 5 rings (SSSR count). The number of likely N-dealkylation sites (tertiary alicyclic amines) is 1. The second kappa shape index (κ2) is 12.4. The zero-order valence-electron chi connectivity index (χ0n) is 26.4. The van der Waals surface area contributed by atoms with Gasteiger partial charge >= 0.3 is 0 Å². The van der Waals surface area contributed by atoms with E-state index in [0.717, 1.165) is 38.5 Å². The lowest BCUT2D eigenvalue weighted by Crippen LogP contribution is -2.53.